The first-order chi connectivity index (χ1) is 15.4. The van der Waals surface area contributed by atoms with E-state index >= 15 is 0 Å². The molecule has 0 radical (unpaired) electrons. The molecule has 32 heavy (non-hydrogen) atoms. The second-order valence-corrected chi connectivity index (χ2v) is 9.10. The summed E-state index contributed by atoms with van der Waals surface area (Å²) in [6.45, 7) is 5.52. The van der Waals surface area contributed by atoms with E-state index in [0.717, 1.165) is 23.1 Å². The number of hydrogen-bond acceptors (Lipinski definition) is 3. The molecule has 5 nitrogen and oxygen atoms in total. The molecule has 2 aliphatic rings. The van der Waals surface area contributed by atoms with E-state index in [2.05, 4.69) is 0 Å². The molecule has 0 aliphatic carbocycles. The van der Waals surface area contributed by atoms with Crippen molar-refractivity contribution in [2.24, 2.45) is 0 Å². The van der Waals surface area contributed by atoms with Crippen LogP contribution in [-0.4, -0.2) is 40.7 Å². The molecule has 0 N–H and O–H groups in total. The normalized spacial score (nSPS) is 19.9. The van der Waals surface area contributed by atoms with Crippen LogP contribution in [0.15, 0.2) is 59.4 Å². The van der Waals surface area contributed by atoms with Crippen molar-refractivity contribution in [3.05, 3.63) is 81.1 Å². The van der Waals surface area contributed by atoms with Crippen molar-refractivity contribution in [1.82, 2.24) is 9.47 Å². The number of carbonyl (C=O) groups excluding carboxylic acids is 1. The second-order valence-electron chi connectivity index (χ2n) is 8.66. The maximum atomic E-state index is 13.9. The van der Waals surface area contributed by atoms with Crippen molar-refractivity contribution in [3.8, 4) is 22.4 Å². The molecule has 164 valence electrons. The minimum atomic E-state index is -0.0860. The molecule has 1 amide bonds. The number of carbonyl (C=O) groups is 1. The lowest BCUT2D eigenvalue weighted by Gasteiger charge is -2.36. The Hall–Kier alpha value is -2.89. The number of benzene rings is 2. The Bertz CT molecular complexity index is 1240. The SMILES string of the molecule is CC1CN(C(=O)c2cc(-c3ccccc3)c(=O)n3c2-c2cc(Cl)ccc2CC3)CC(C)O1. The Kier molecular flexibility index (Phi) is 5.39. The van der Waals surface area contributed by atoms with Crippen LogP contribution in [0.2, 0.25) is 5.02 Å². The molecule has 0 saturated carbocycles. The molecule has 2 aromatic carbocycles. The number of morpholine rings is 1. The summed E-state index contributed by atoms with van der Waals surface area (Å²) < 4.78 is 7.58. The minimum absolute atomic E-state index is 0.0414. The molecule has 2 atom stereocenters. The monoisotopic (exact) mass is 448 g/mol. The van der Waals surface area contributed by atoms with E-state index < -0.39 is 0 Å². The molecule has 1 aromatic heterocycles. The summed E-state index contributed by atoms with van der Waals surface area (Å²) >= 11 is 6.33. The zero-order chi connectivity index (χ0) is 22.4. The smallest absolute Gasteiger partial charge is 0.258 e. The van der Waals surface area contributed by atoms with Crippen molar-refractivity contribution in [2.45, 2.75) is 39.0 Å². The molecule has 1 saturated heterocycles. The third kappa shape index (κ3) is 3.65. The van der Waals surface area contributed by atoms with Crippen LogP contribution in [0.25, 0.3) is 22.4 Å². The second kappa shape index (κ2) is 8.23. The zero-order valence-electron chi connectivity index (χ0n) is 18.2. The molecule has 0 spiro atoms. The lowest BCUT2D eigenvalue weighted by molar-refractivity contribution is -0.0586. The first-order valence-electron chi connectivity index (χ1n) is 11.0. The Morgan fingerprint density at radius 2 is 1.72 bits per heavy atom. The highest BCUT2D eigenvalue weighted by Gasteiger charge is 2.32. The average Bonchev–Trinajstić information content (AvgIpc) is 2.78. The maximum Gasteiger partial charge on any atom is 0.258 e. The average molecular weight is 449 g/mol. The number of rotatable bonds is 2. The number of nitrogens with zero attached hydrogens (tertiary/aromatic N) is 2. The van der Waals surface area contributed by atoms with E-state index in [1.165, 1.54) is 0 Å². The summed E-state index contributed by atoms with van der Waals surface area (Å²) in [5.41, 5.74) is 4.41. The molecule has 2 aliphatic heterocycles. The fourth-order valence-electron chi connectivity index (χ4n) is 4.89. The summed E-state index contributed by atoms with van der Waals surface area (Å²) in [6, 6.07) is 17.0. The molecular formula is C26H25ClN2O3. The largest absolute Gasteiger partial charge is 0.372 e. The predicted octanol–water partition coefficient (Wildman–Crippen LogP) is 4.64. The van der Waals surface area contributed by atoms with E-state index in [1.807, 2.05) is 67.3 Å². The van der Waals surface area contributed by atoms with Crippen LogP contribution in [0, 0.1) is 0 Å². The Morgan fingerprint density at radius 1 is 1.00 bits per heavy atom. The Balaban J connectivity index is 1.74. The lowest BCUT2D eigenvalue weighted by Crippen LogP contribution is -2.48. The van der Waals surface area contributed by atoms with Gasteiger partial charge in [0.05, 0.1) is 23.5 Å². The molecular weight excluding hydrogens is 424 g/mol. The quantitative estimate of drug-likeness (QED) is 0.573. The highest BCUT2D eigenvalue weighted by molar-refractivity contribution is 6.31. The van der Waals surface area contributed by atoms with E-state index in [4.69, 9.17) is 16.3 Å². The van der Waals surface area contributed by atoms with Gasteiger partial charge in [0.2, 0.25) is 0 Å². The van der Waals surface area contributed by atoms with Crippen LogP contribution < -0.4 is 5.56 Å². The Labute approximate surface area is 192 Å². The first kappa shape index (κ1) is 21.0. The van der Waals surface area contributed by atoms with E-state index in [-0.39, 0.29) is 23.7 Å². The topological polar surface area (TPSA) is 51.5 Å². The van der Waals surface area contributed by atoms with Gasteiger partial charge in [-0.2, -0.15) is 0 Å². The Morgan fingerprint density at radius 3 is 2.44 bits per heavy atom. The molecule has 1 fully saturated rings. The van der Waals surface area contributed by atoms with E-state index in [1.54, 1.807) is 10.6 Å². The van der Waals surface area contributed by atoms with Crippen molar-refractivity contribution in [2.75, 3.05) is 13.1 Å². The molecule has 0 bridgehead atoms. The molecule has 5 rings (SSSR count). The van der Waals surface area contributed by atoms with Gasteiger partial charge in [0.1, 0.15) is 0 Å². The molecule has 3 heterocycles. The van der Waals surface area contributed by atoms with Crippen LogP contribution in [-0.2, 0) is 17.7 Å². The zero-order valence-corrected chi connectivity index (χ0v) is 18.9. The fraction of sp³-hybridized carbons (Fsp3) is 0.308. The van der Waals surface area contributed by atoms with Gasteiger partial charge < -0.3 is 14.2 Å². The number of aromatic nitrogens is 1. The van der Waals surface area contributed by atoms with Gasteiger partial charge in [-0.25, -0.2) is 0 Å². The summed E-state index contributed by atoms with van der Waals surface area (Å²) in [7, 11) is 0. The molecule has 3 aromatic rings. The summed E-state index contributed by atoms with van der Waals surface area (Å²) in [4.78, 5) is 29.3. The highest BCUT2D eigenvalue weighted by atomic mass is 35.5. The van der Waals surface area contributed by atoms with Gasteiger partial charge in [-0.3, -0.25) is 9.59 Å². The fourth-order valence-corrected chi connectivity index (χ4v) is 5.06. The number of ether oxygens (including phenoxy) is 1. The lowest BCUT2D eigenvalue weighted by atomic mass is 9.92. The van der Waals surface area contributed by atoms with Crippen LogP contribution in [0.3, 0.4) is 0 Å². The minimum Gasteiger partial charge on any atom is -0.372 e. The summed E-state index contributed by atoms with van der Waals surface area (Å²) in [5, 5.41) is 0.587. The van der Waals surface area contributed by atoms with Gasteiger partial charge in [-0.1, -0.05) is 48.0 Å². The number of halogens is 1. The van der Waals surface area contributed by atoms with E-state index in [0.29, 0.717) is 41.5 Å². The van der Waals surface area contributed by atoms with Gasteiger partial charge in [0, 0.05) is 35.8 Å². The van der Waals surface area contributed by atoms with Crippen LogP contribution >= 0.6 is 11.6 Å². The summed E-state index contributed by atoms with van der Waals surface area (Å²) in [5.74, 6) is -0.0826. The van der Waals surface area contributed by atoms with Crippen molar-refractivity contribution >= 4 is 17.5 Å². The standard InChI is InChI=1S/C26H25ClN2O3/c1-16-14-28(15-17(2)32-16)25(30)23-13-22(18-6-4-3-5-7-18)26(31)29-11-10-19-8-9-20(27)12-21(19)24(23)29/h3-9,12-13,16-17H,10-11,14-15H2,1-2H3. The maximum absolute atomic E-state index is 13.9. The van der Waals surface area contributed by atoms with Crippen molar-refractivity contribution in [3.63, 3.8) is 0 Å². The van der Waals surface area contributed by atoms with Gasteiger partial charge in [-0.15, -0.1) is 0 Å². The molecule has 6 heteroatoms. The van der Waals surface area contributed by atoms with Crippen LogP contribution in [0.1, 0.15) is 29.8 Å². The molecule has 2 unspecified atom stereocenters. The third-order valence-corrected chi connectivity index (χ3v) is 6.48. The highest BCUT2D eigenvalue weighted by Crippen LogP contribution is 2.35. The van der Waals surface area contributed by atoms with Gasteiger partial charge in [-0.05, 0) is 49.6 Å². The van der Waals surface area contributed by atoms with Crippen molar-refractivity contribution in [1.29, 1.82) is 0 Å². The van der Waals surface area contributed by atoms with Gasteiger partial charge in [0.15, 0.2) is 0 Å². The number of amides is 1. The van der Waals surface area contributed by atoms with E-state index in [9.17, 15) is 9.59 Å². The number of fused-ring (bicyclic) bond motifs is 3. The number of aryl methyl sites for hydroxylation is 1. The predicted molar refractivity (Wildman–Crippen MR) is 126 cm³/mol. The first-order valence-corrected chi connectivity index (χ1v) is 11.4. The third-order valence-electron chi connectivity index (χ3n) is 6.24. The van der Waals surface area contributed by atoms with Crippen LogP contribution in [0.5, 0.6) is 0 Å². The van der Waals surface area contributed by atoms with Gasteiger partial charge >= 0.3 is 0 Å². The van der Waals surface area contributed by atoms with Crippen molar-refractivity contribution < 1.29 is 9.53 Å². The number of hydrogen-bond donors (Lipinski definition) is 0. The van der Waals surface area contributed by atoms with Crippen LogP contribution in [0.4, 0.5) is 0 Å². The summed E-state index contributed by atoms with van der Waals surface area (Å²) in [6.07, 6.45) is 0.636. The van der Waals surface area contributed by atoms with Gasteiger partial charge in [0.25, 0.3) is 11.5 Å². The number of pyridine rings is 1.